The molecule has 0 saturated heterocycles. The molecule has 0 radical (unpaired) electrons. The monoisotopic (exact) mass is 202 g/mol. The Morgan fingerprint density at radius 3 is 2.36 bits per heavy atom. The van der Waals surface area contributed by atoms with Crippen molar-refractivity contribution in [3.63, 3.8) is 0 Å². The van der Waals surface area contributed by atoms with Crippen LogP contribution in [0.2, 0.25) is 0 Å². The molecule has 0 bridgehead atoms. The molecule has 3 N–H and O–H groups in total. The number of aliphatic hydroxyl groups excluding tert-OH is 1. The minimum atomic E-state index is -0.255. The van der Waals surface area contributed by atoms with Gasteiger partial charge in [-0.2, -0.15) is 0 Å². The summed E-state index contributed by atoms with van der Waals surface area (Å²) in [6.45, 7) is 11.7. The number of nitrogens with two attached hydrogens (primary N) is 1. The van der Waals surface area contributed by atoms with Crippen LogP contribution in [0.1, 0.15) is 34.1 Å². The van der Waals surface area contributed by atoms with Gasteiger partial charge >= 0.3 is 0 Å². The first-order chi connectivity index (χ1) is 6.41. The summed E-state index contributed by atoms with van der Waals surface area (Å²) in [7, 11) is 0. The molecule has 1 atom stereocenters. The quantitative estimate of drug-likeness (QED) is 0.649. The van der Waals surface area contributed by atoms with Crippen LogP contribution >= 0.6 is 0 Å². The molecule has 0 heterocycles. The summed E-state index contributed by atoms with van der Waals surface area (Å²) >= 11 is 0. The van der Waals surface area contributed by atoms with Crippen LogP contribution in [0.15, 0.2) is 0 Å². The Morgan fingerprint density at radius 1 is 1.43 bits per heavy atom. The zero-order chi connectivity index (χ0) is 11.2. The van der Waals surface area contributed by atoms with Crippen LogP contribution in [0.3, 0.4) is 0 Å². The van der Waals surface area contributed by atoms with Gasteiger partial charge in [0, 0.05) is 13.1 Å². The number of hydrogen-bond donors (Lipinski definition) is 2. The maximum atomic E-state index is 9.35. The summed E-state index contributed by atoms with van der Waals surface area (Å²) in [4.78, 5) is 2.29. The van der Waals surface area contributed by atoms with Crippen LogP contribution in [0.4, 0.5) is 0 Å². The molecule has 0 aromatic rings. The van der Waals surface area contributed by atoms with Crippen LogP contribution in [-0.2, 0) is 0 Å². The first-order valence-corrected chi connectivity index (χ1v) is 5.51. The van der Waals surface area contributed by atoms with E-state index >= 15 is 0 Å². The molecule has 0 aliphatic rings. The van der Waals surface area contributed by atoms with E-state index in [1.807, 2.05) is 6.92 Å². The van der Waals surface area contributed by atoms with Crippen molar-refractivity contribution in [1.82, 2.24) is 4.90 Å². The van der Waals surface area contributed by atoms with E-state index in [2.05, 4.69) is 25.7 Å². The highest BCUT2D eigenvalue weighted by molar-refractivity contribution is 4.75. The second-order valence-corrected chi connectivity index (χ2v) is 4.95. The fraction of sp³-hybridized carbons (Fsp3) is 1.00. The molecular formula is C11H26N2O. The summed E-state index contributed by atoms with van der Waals surface area (Å²) in [5.74, 6) is 0. The van der Waals surface area contributed by atoms with Crippen LogP contribution in [0, 0.1) is 5.41 Å². The maximum absolute atomic E-state index is 9.35. The summed E-state index contributed by atoms with van der Waals surface area (Å²) in [6.07, 6.45) is 0.864. The molecule has 0 aromatic carbocycles. The average Bonchev–Trinajstić information content (AvgIpc) is 2.03. The van der Waals surface area contributed by atoms with E-state index in [9.17, 15) is 5.11 Å². The highest BCUT2D eigenvalue weighted by Crippen LogP contribution is 2.15. The lowest BCUT2D eigenvalue weighted by atomic mass is 9.93. The average molecular weight is 202 g/mol. The number of rotatable bonds is 7. The Balaban J connectivity index is 4.07. The third-order valence-electron chi connectivity index (χ3n) is 2.27. The van der Waals surface area contributed by atoms with E-state index in [1.165, 1.54) is 0 Å². The Bertz CT molecular complexity index is 146. The van der Waals surface area contributed by atoms with Gasteiger partial charge < -0.3 is 15.7 Å². The van der Waals surface area contributed by atoms with Crippen molar-refractivity contribution in [2.45, 2.75) is 40.2 Å². The van der Waals surface area contributed by atoms with Crippen molar-refractivity contribution in [2.24, 2.45) is 11.1 Å². The van der Waals surface area contributed by atoms with Crippen LogP contribution in [0.25, 0.3) is 0 Å². The Kier molecular flexibility index (Phi) is 6.33. The van der Waals surface area contributed by atoms with Gasteiger partial charge in [0.2, 0.25) is 0 Å². The summed E-state index contributed by atoms with van der Waals surface area (Å²) in [6, 6.07) is 0. The van der Waals surface area contributed by atoms with Gasteiger partial charge in [0.15, 0.2) is 0 Å². The van der Waals surface area contributed by atoms with E-state index in [-0.39, 0.29) is 11.5 Å². The second-order valence-electron chi connectivity index (χ2n) is 4.95. The molecule has 0 aliphatic carbocycles. The van der Waals surface area contributed by atoms with E-state index in [4.69, 9.17) is 5.73 Å². The van der Waals surface area contributed by atoms with E-state index in [0.717, 1.165) is 26.1 Å². The zero-order valence-corrected chi connectivity index (χ0v) is 10.1. The number of hydrogen-bond acceptors (Lipinski definition) is 3. The molecule has 0 amide bonds. The van der Waals surface area contributed by atoms with Crippen LogP contribution < -0.4 is 5.73 Å². The molecule has 0 fully saturated rings. The maximum Gasteiger partial charge on any atom is 0.0639 e. The standard InChI is InChI=1S/C11H26N2O/c1-5-6-13(7-10(2)14)9-11(3,4)8-12/h10,14H,5-9,12H2,1-4H3/t10-/m0/s1. The molecule has 0 unspecified atom stereocenters. The lowest BCUT2D eigenvalue weighted by Gasteiger charge is -2.32. The van der Waals surface area contributed by atoms with Crippen LogP contribution in [-0.4, -0.2) is 42.3 Å². The molecular weight excluding hydrogens is 176 g/mol. The fourth-order valence-electron chi connectivity index (χ4n) is 1.59. The van der Waals surface area contributed by atoms with Crippen molar-refractivity contribution >= 4 is 0 Å². The Hall–Kier alpha value is -0.120. The van der Waals surface area contributed by atoms with Crippen molar-refractivity contribution < 1.29 is 5.11 Å². The van der Waals surface area contributed by atoms with E-state index in [1.54, 1.807) is 0 Å². The van der Waals surface area contributed by atoms with Gasteiger partial charge in [0.25, 0.3) is 0 Å². The van der Waals surface area contributed by atoms with Crippen molar-refractivity contribution in [1.29, 1.82) is 0 Å². The third kappa shape index (κ3) is 6.35. The summed E-state index contributed by atoms with van der Waals surface area (Å²) in [5, 5.41) is 9.35. The molecule has 3 nitrogen and oxygen atoms in total. The first-order valence-electron chi connectivity index (χ1n) is 5.51. The lowest BCUT2D eigenvalue weighted by molar-refractivity contribution is 0.100. The topological polar surface area (TPSA) is 49.5 Å². The second kappa shape index (κ2) is 6.38. The van der Waals surface area contributed by atoms with Gasteiger partial charge in [0.05, 0.1) is 6.10 Å². The van der Waals surface area contributed by atoms with E-state index < -0.39 is 0 Å². The lowest BCUT2D eigenvalue weighted by Crippen LogP contribution is -2.42. The van der Waals surface area contributed by atoms with Crippen molar-refractivity contribution in [3.05, 3.63) is 0 Å². The molecule has 0 saturated carbocycles. The van der Waals surface area contributed by atoms with E-state index in [0.29, 0.717) is 6.54 Å². The normalized spacial score (nSPS) is 14.8. The smallest absolute Gasteiger partial charge is 0.0639 e. The molecule has 0 spiro atoms. The number of nitrogens with zero attached hydrogens (tertiary/aromatic N) is 1. The molecule has 14 heavy (non-hydrogen) atoms. The van der Waals surface area contributed by atoms with Crippen molar-refractivity contribution in [3.8, 4) is 0 Å². The molecule has 0 aliphatic heterocycles. The predicted molar refractivity (Wildman–Crippen MR) is 61.2 cm³/mol. The van der Waals surface area contributed by atoms with Gasteiger partial charge in [-0.05, 0) is 31.8 Å². The largest absolute Gasteiger partial charge is 0.392 e. The molecule has 86 valence electrons. The zero-order valence-electron chi connectivity index (χ0n) is 10.1. The van der Waals surface area contributed by atoms with Gasteiger partial charge in [-0.1, -0.05) is 20.8 Å². The third-order valence-corrected chi connectivity index (χ3v) is 2.27. The SMILES string of the molecule is CCCN(C[C@H](C)O)CC(C)(C)CN. The molecule has 3 heteroatoms. The first kappa shape index (κ1) is 13.9. The van der Waals surface area contributed by atoms with Crippen LogP contribution in [0.5, 0.6) is 0 Å². The Morgan fingerprint density at radius 2 is 2.00 bits per heavy atom. The van der Waals surface area contributed by atoms with Gasteiger partial charge in [0.1, 0.15) is 0 Å². The predicted octanol–water partition coefficient (Wildman–Crippen LogP) is 1.06. The van der Waals surface area contributed by atoms with Gasteiger partial charge in [-0.25, -0.2) is 0 Å². The number of aliphatic hydroxyl groups is 1. The summed E-state index contributed by atoms with van der Waals surface area (Å²) < 4.78 is 0. The summed E-state index contributed by atoms with van der Waals surface area (Å²) in [5.41, 5.74) is 5.84. The van der Waals surface area contributed by atoms with Gasteiger partial charge in [-0.3, -0.25) is 0 Å². The Labute approximate surface area is 88.3 Å². The highest BCUT2D eigenvalue weighted by atomic mass is 16.3. The fourth-order valence-corrected chi connectivity index (χ4v) is 1.59. The van der Waals surface area contributed by atoms with Crippen molar-refractivity contribution in [2.75, 3.05) is 26.2 Å². The van der Waals surface area contributed by atoms with Gasteiger partial charge in [-0.15, -0.1) is 0 Å². The minimum Gasteiger partial charge on any atom is -0.392 e. The molecule has 0 aromatic heterocycles. The highest BCUT2D eigenvalue weighted by Gasteiger charge is 2.20. The minimum absolute atomic E-state index is 0.143. The molecule has 0 rings (SSSR count).